The molecule has 0 aromatic carbocycles. The first-order chi connectivity index (χ1) is 23.0. The van der Waals surface area contributed by atoms with E-state index in [0.717, 1.165) is 56.5 Å². The Hall–Kier alpha value is -2.61. The Balaban J connectivity index is 1.18. The van der Waals surface area contributed by atoms with Crippen LogP contribution in [0.5, 0.6) is 0 Å². The van der Waals surface area contributed by atoms with Gasteiger partial charge in [0.1, 0.15) is 11.9 Å². The summed E-state index contributed by atoms with van der Waals surface area (Å²) in [7, 11) is 0. The van der Waals surface area contributed by atoms with Crippen LogP contribution in [0.25, 0.3) is 0 Å². The smallest absolute Gasteiger partial charge is 0.309 e. The molecule has 4 fully saturated rings. The molecule has 0 spiro atoms. The van der Waals surface area contributed by atoms with Gasteiger partial charge >= 0.3 is 11.9 Å². The summed E-state index contributed by atoms with van der Waals surface area (Å²) < 4.78 is 6.06. The lowest BCUT2D eigenvalue weighted by Crippen LogP contribution is -2.63. The summed E-state index contributed by atoms with van der Waals surface area (Å²) in [5.41, 5.74) is 2.04. The van der Waals surface area contributed by atoms with Crippen LogP contribution in [0.2, 0.25) is 0 Å². The number of carboxylic acid groups (broad SMARTS) is 1. The monoisotopic (exact) mass is 675 g/mol. The van der Waals surface area contributed by atoms with Gasteiger partial charge in [-0.2, -0.15) is 0 Å². The maximum Gasteiger partial charge on any atom is 0.309 e. The third-order valence-corrected chi connectivity index (χ3v) is 15.1. The number of Topliss-reactive ketones (excluding diaryl/α,β-unsaturated/α-hetero) is 1. The van der Waals surface area contributed by atoms with E-state index >= 15 is 0 Å². The number of aromatic nitrogens is 2. The Kier molecular flexibility index (Phi) is 9.73. The summed E-state index contributed by atoms with van der Waals surface area (Å²) in [4.78, 5) is 47.5. The topological polar surface area (TPSA) is 118 Å². The van der Waals surface area contributed by atoms with Crippen molar-refractivity contribution in [2.45, 2.75) is 132 Å². The van der Waals surface area contributed by atoms with Gasteiger partial charge in [-0.3, -0.25) is 14.4 Å². The largest absolute Gasteiger partial charge is 0.481 e. The zero-order valence-electron chi connectivity index (χ0n) is 31.3. The number of fused-ring (bicyclic) bond motifs is 7. The molecular weight excluding hydrogens is 614 g/mol. The second kappa shape index (κ2) is 13.2. The van der Waals surface area contributed by atoms with Crippen LogP contribution in [0.4, 0.5) is 0 Å². The SMILES string of the molecule is CC(C)C1=C2C(CC[C@]3(C)[C@@H]2CCC2[C@@]4(C)CC[C@H](OC(=O)CC(C)(C)C(=O)O)C(C)C4CC[C@]23C)[C@H](CCNCc2ncccn2)C1=O. The Bertz CT molecular complexity index is 1470. The van der Waals surface area contributed by atoms with Crippen molar-refractivity contribution in [3.8, 4) is 0 Å². The number of carbonyl (C=O) groups excluding carboxylic acids is 2. The number of hydrogen-bond donors (Lipinski definition) is 2. The molecule has 6 rings (SSSR count). The van der Waals surface area contributed by atoms with Crippen molar-refractivity contribution >= 4 is 17.7 Å². The van der Waals surface area contributed by atoms with E-state index in [1.807, 2.05) is 6.07 Å². The number of ether oxygens (including phenoxy) is 1. The van der Waals surface area contributed by atoms with Crippen LogP contribution >= 0.6 is 0 Å². The summed E-state index contributed by atoms with van der Waals surface area (Å²) in [6.45, 7) is 19.1. The van der Waals surface area contributed by atoms with Gasteiger partial charge in [0.2, 0.25) is 0 Å². The molecule has 4 saturated carbocycles. The Morgan fingerprint density at radius 1 is 1.02 bits per heavy atom. The lowest BCUT2D eigenvalue weighted by molar-refractivity contribution is -0.213. The molecular formula is C41H61N3O5. The molecule has 2 N–H and O–H groups in total. The molecule has 0 amide bonds. The van der Waals surface area contributed by atoms with Crippen molar-refractivity contribution in [3.05, 3.63) is 35.4 Å². The zero-order valence-corrected chi connectivity index (χ0v) is 31.3. The number of hydrogen-bond acceptors (Lipinski definition) is 7. The number of allylic oxidation sites excluding steroid dienone is 2. The van der Waals surface area contributed by atoms with Crippen molar-refractivity contribution in [1.29, 1.82) is 0 Å². The lowest BCUT2D eigenvalue weighted by atomic mass is 9.34. The van der Waals surface area contributed by atoms with E-state index in [2.05, 4.69) is 56.8 Å². The third kappa shape index (κ3) is 6.00. The highest BCUT2D eigenvalue weighted by Crippen LogP contribution is 2.74. The van der Waals surface area contributed by atoms with E-state index in [0.29, 0.717) is 36.0 Å². The number of nitrogens with one attached hydrogen (secondary N) is 1. The summed E-state index contributed by atoms with van der Waals surface area (Å²) >= 11 is 0. The van der Waals surface area contributed by atoms with Crippen LogP contribution in [-0.4, -0.2) is 45.4 Å². The van der Waals surface area contributed by atoms with Gasteiger partial charge in [0.05, 0.1) is 18.4 Å². The fourth-order valence-electron chi connectivity index (χ4n) is 12.3. The fourth-order valence-corrected chi connectivity index (χ4v) is 12.3. The average molecular weight is 676 g/mol. The van der Waals surface area contributed by atoms with Crippen LogP contribution in [0.15, 0.2) is 29.6 Å². The van der Waals surface area contributed by atoms with E-state index in [4.69, 9.17) is 4.74 Å². The van der Waals surface area contributed by atoms with E-state index in [-0.39, 0.29) is 46.5 Å². The number of esters is 1. The molecule has 10 atom stereocenters. The van der Waals surface area contributed by atoms with Crippen LogP contribution < -0.4 is 5.32 Å². The van der Waals surface area contributed by atoms with Crippen LogP contribution in [0.1, 0.15) is 125 Å². The van der Waals surface area contributed by atoms with Gasteiger partial charge in [0, 0.05) is 18.3 Å². The van der Waals surface area contributed by atoms with Gasteiger partial charge in [-0.25, -0.2) is 9.97 Å². The Morgan fingerprint density at radius 2 is 1.71 bits per heavy atom. The molecule has 5 aliphatic rings. The Labute approximate surface area is 294 Å². The van der Waals surface area contributed by atoms with E-state index < -0.39 is 17.4 Å². The minimum atomic E-state index is -1.13. The summed E-state index contributed by atoms with van der Waals surface area (Å²) in [6, 6.07) is 1.83. The summed E-state index contributed by atoms with van der Waals surface area (Å²) in [5.74, 6) is 2.25. The van der Waals surface area contributed by atoms with Gasteiger partial charge < -0.3 is 15.2 Å². The van der Waals surface area contributed by atoms with Crippen LogP contribution in [0, 0.1) is 63.1 Å². The first kappa shape index (κ1) is 36.2. The molecule has 0 saturated heterocycles. The minimum absolute atomic E-state index is 0.0693. The molecule has 4 unspecified atom stereocenters. The first-order valence-corrected chi connectivity index (χ1v) is 19.2. The number of carbonyl (C=O) groups is 3. The molecule has 0 bridgehead atoms. The number of aliphatic carboxylic acids is 1. The second-order valence-electron chi connectivity index (χ2n) is 18.2. The van der Waals surface area contributed by atoms with Gasteiger partial charge in [0.25, 0.3) is 0 Å². The Morgan fingerprint density at radius 3 is 2.39 bits per heavy atom. The van der Waals surface area contributed by atoms with E-state index in [1.165, 1.54) is 24.8 Å². The number of ketones is 1. The molecule has 49 heavy (non-hydrogen) atoms. The standard InChI is InChI=1S/C41H61N3O5/c1-24(2)34-35-26(27(36(34)46)15-21-42-23-32-43-19-9-20-44-32)12-17-40(7)29(35)10-11-31-39(6)16-14-30(25(3)28(39)13-18-41(31,40)8)49-33(45)22-38(4,5)37(47)48/h9,19-20,24-31,42H,10-18,21-23H2,1-8H3,(H,47,48)/t25?,26?,27-,28?,29+,30-,31?,39-,40+,41+/m0/s1. The second-order valence-corrected chi connectivity index (χ2v) is 18.2. The predicted molar refractivity (Wildman–Crippen MR) is 189 cm³/mol. The van der Waals surface area contributed by atoms with Crippen molar-refractivity contribution in [2.75, 3.05) is 6.54 Å². The highest BCUT2D eigenvalue weighted by atomic mass is 16.5. The normalized spacial score (nSPS) is 38.8. The van der Waals surface area contributed by atoms with E-state index in [9.17, 15) is 19.5 Å². The first-order valence-electron chi connectivity index (χ1n) is 19.2. The molecule has 8 nitrogen and oxygen atoms in total. The summed E-state index contributed by atoms with van der Waals surface area (Å²) in [6.07, 6.45) is 12.9. The molecule has 8 heteroatoms. The molecule has 1 aromatic heterocycles. The third-order valence-electron chi connectivity index (χ3n) is 15.1. The van der Waals surface area contributed by atoms with Gasteiger partial charge in [-0.05, 0) is 142 Å². The van der Waals surface area contributed by atoms with Crippen LogP contribution in [0.3, 0.4) is 0 Å². The maximum absolute atomic E-state index is 14.2. The highest BCUT2D eigenvalue weighted by Gasteiger charge is 2.67. The average Bonchev–Trinajstić information content (AvgIpc) is 3.32. The van der Waals surface area contributed by atoms with Gasteiger partial charge in [-0.1, -0.05) is 47.1 Å². The van der Waals surface area contributed by atoms with Crippen molar-refractivity contribution in [2.24, 2.45) is 63.1 Å². The zero-order chi connectivity index (χ0) is 35.5. The molecule has 5 aliphatic carbocycles. The van der Waals surface area contributed by atoms with E-state index in [1.54, 1.807) is 26.2 Å². The predicted octanol–water partition coefficient (Wildman–Crippen LogP) is 7.82. The number of rotatable bonds is 10. The molecule has 1 aromatic rings. The fraction of sp³-hybridized carbons (Fsp3) is 0.780. The lowest BCUT2D eigenvalue weighted by Gasteiger charge is -2.70. The summed E-state index contributed by atoms with van der Waals surface area (Å²) in [5, 5.41) is 13.0. The molecule has 270 valence electrons. The van der Waals surface area contributed by atoms with Crippen molar-refractivity contribution in [1.82, 2.24) is 15.3 Å². The quantitative estimate of drug-likeness (QED) is 0.190. The number of carboxylic acids is 1. The minimum Gasteiger partial charge on any atom is -0.481 e. The molecule has 1 heterocycles. The van der Waals surface area contributed by atoms with Crippen LogP contribution in [-0.2, 0) is 25.7 Å². The van der Waals surface area contributed by atoms with Gasteiger partial charge in [0.15, 0.2) is 5.78 Å². The number of nitrogens with zero attached hydrogens (tertiary/aromatic N) is 2. The highest BCUT2D eigenvalue weighted by molar-refractivity contribution is 6.01. The maximum atomic E-state index is 14.2. The van der Waals surface area contributed by atoms with Crippen molar-refractivity contribution in [3.63, 3.8) is 0 Å². The molecule has 0 radical (unpaired) electrons. The van der Waals surface area contributed by atoms with Crippen molar-refractivity contribution < 1.29 is 24.2 Å². The van der Waals surface area contributed by atoms with Gasteiger partial charge in [-0.15, -0.1) is 0 Å². The molecule has 0 aliphatic heterocycles.